The smallest absolute Gasteiger partial charge is 0.272 e. The molecule has 1 aliphatic carbocycles. The summed E-state index contributed by atoms with van der Waals surface area (Å²) in [6.45, 7) is 21.3. The molecule has 1 saturated carbocycles. The van der Waals surface area contributed by atoms with Crippen LogP contribution in [0.3, 0.4) is 0 Å². The molecule has 1 saturated heterocycles. The van der Waals surface area contributed by atoms with E-state index in [9.17, 15) is 9.18 Å². The average Bonchev–Trinajstić information content (AvgIpc) is 3.19. The third kappa shape index (κ3) is 10.9. The maximum atomic E-state index is 14.5. The molecule has 4 nitrogen and oxygen atoms in total. The summed E-state index contributed by atoms with van der Waals surface area (Å²) in [7, 11) is 1.98. The van der Waals surface area contributed by atoms with Gasteiger partial charge in [-0.1, -0.05) is 105 Å². The molecule has 0 bridgehead atoms. The first-order valence-corrected chi connectivity index (χ1v) is 16.8. The standard InChI is InChI=1S/C27H34FN3O.C6H14.2C2H6/c1-18-12-13-22(23(28)15-18)19(2)16-26-29-24(17-25(30(26)4)21-10-8-11-21)27(32)31-14-7-5-6-9-20(31)3;1-3-5-6-4-2;2*1-2/h12-13,15-17,20-21H,2,5-11,14H2,1,3-4H3;3-6H2,1-2H3;2*1-2H3/b26-16-;;;. The Morgan fingerprint density at radius 2 is 1.67 bits per heavy atom. The maximum absolute atomic E-state index is 14.5. The van der Waals surface area contributed by atoms with E-state index in [-0.39, 0.29) is 17.8 Å². The lowest BCUT2D eigenvalue weighted by molar-refractivity contribution is -0.125. The fourth-order valence-corrected chi connectivity index (χ4v) is 5.27. The molecule has 0 aromatic heterocycles. The van der Waals surface area contributed by atoms with E-state index in [1.54, 1.807) is 12.1 Å². The number of aryl methyl sites for hydroxylation is 1. The molecule has 2 aliphatic heterocycles. The Hall–Kier alpha value is -2.69. The van der Waals surface area contributed by atoms with Gasteiger partial charge in [0, 0.05) is 30.9 Å². The lowest BCUT2D eigenvalue weighted by Crippen LogP contribution is -2.43. The lowest BCUT2D eigenvalue weighted by atomic mass is 9.81. The maximum Gasteiger partial charge on any atom is 0.272 e. The first kappa shape index (κ1) is 37.3. The minimum atomic E-state index is -0.293. The highest BCUT2D eigenvalue weighted by Gasteiger charge is 2.32. The summed E-state index contributed by atoms with van der Waals surface area (Å²) in [6.07, 6.45) is 17.2. The summed E-state index contributed by atoms with van der Waals surface area (Å²) in [5.41, 5.74) is 3.50. The van der Waals surface area contributed by atoms with E-state index in [4.69, 9.17) is 4.99 Å². The van der Waals surface area contributed by atoms with Crippen LogP contribution in [0.15, 0.2) is 53.4 Å². The number of allylic oxidation sites excluding steroid dienone is 3. The van der Waals surface area contributed by atoms with Gasteiger partial charge >= 0.3 is 0 Å². The van der Waals surface area contributed by atoms with Gasteiger partial charge in [0.1, 0.15) is 17.3 Å². The highest BCUT2D eigenvalue weighted by molar-refractivity contribution is 6.43. The van der Waals surface area contributed by atoms with Crippen molar-refractivity contribution in [2.24, 2.45) is 10.9 Å². The summed E-state index contributed by atoms with van der Waals surface area (Å²) < 4.78 is 14.5. The second-order valence-electron chi connectivity index (χ2n) is 11.2. The molecular weight excluding hydrogens is 521 g/mol. The number of hydrogen-bond donors (Lipinski definition) is 0. The van der Waals surface area contributed by atoms with Crippen molar-refractivity contribution in [3.8, 4) is 0 Å². The van der Waals surface area contributed by atoms with Gasteiger partial charge in [-0.2, -0.15) is 0 Å². The van der Waals surface area contributed by atoms with Crippen LogP contribution < -0.4 is 0 Å². The molecule has 5 heteroatoms. The van der Waals surface area contributed by atoms with Crippen LogP contribution >= 0.6 is 0 Å². The molecule has 42 heavy (non-hydrogen) atoms. The van der Waals surface area contributed by atoms with Gasteiger partial charge in [0.2, 0.25) is 0 Å². The van der Waals surface area contributed by atoms with Crippen molar-refractivity contribution in [3.05, 3.63) is 65.4 Å². The Labute approximate surface area is 257 Å². The van der Waals surface area contributed by atoms with Crippen molar-refractivity contribution >= 4 is 17.2 Å². The number of rotatable bonds is 7. The van der Waals surface area contributed by atoms with Gasteiger partial charge < -0.3 is 9.80 Å². The minimum Gasteiger partial charge on any atom is -0.335 e. The Balaban J connectivity index is 0.000000775. The lowest BCUT2D eigenvalue weighted by Gasteiger charge is -2.37. The minimum absolute atomic E-state index is 0.00218. The van der Waals surface area contributed by atoms with Gasteiger partial charge in [0.15, 0.2) is 0 Å². The highest BCUT2D eigenvalue weighted by Crippen LogP contribution is 2.38. The molecule has 4 rings (SSSR count). The van der Waals surface area contributed by atoms with E-state index < -0.39 is 0 Å². The molecule has 2 heterocycles. The summed E-state index contributed by atoms with van der Waals surface area (Å²) in [5, 5.41) is 0. The number of benzene rings is 1. The summed E-state index contributed by atoms with van der Waals surface area (Å²) in [4.78, 5) is 22.3. The molecule has 0 radical (unpaired) electrons. The molecule has 0 spiro atoms. The molecular formula is C37H60FN3O. The fourth-order valence-electron chi connectivity index (χ4n) is 5.27. The number of aliphatic imine (C=N–C) groups is 1. The third-order valence-electron chi connectivity index (χ3n) is 8.04. The zero-order chi connectivity index (χ0) is 31.7. The Bertz CT molecular complexity index is 1060. The topological polar surface area (TPSA) is 35.9 Å². The number of unbranched alkanes of at least 4 members (excludes halogenated alkanes) is 3. The second-order valence-corrected chi connectivity index (χ2v) is 11.2. The molecule has 1 unspecified atom stereocenters. The molecule has 2 fully saturated rings. The first-order valence-electron chi connectivity index (χ1n) is 16.8. The summed E-state index contributed by atoms with van der Waals surface area (Å²) >= 11 is 0. The van der Waals surface area contributed by atoms with Gasteiger partial charge in [-0.3, -0.25) is 4.79 Å². The Kier molecular flexibility index (Phi) is 18.0. The van der Waals surface area contributed by atoms with Crippen molar-refractivity contribution in [3.63, 3.8) is 0 Å². The highest BCUT2D eigenvalue weighted by atomic mass is 19.1. The van der Waals surface area contributed by atoms with E-state index in [1.165, 1.54) is 44.6 Å². The number of carbonyl (C=O) groups excluding carboxylic acids is 1. The number of amides is 1. The first-order chi connectivity index (χ1) is 20.3. The van der Waals surface area contributed by atoms with Crippen molar-refractivity contribution in [1.29, 1.82) is 0 Å². The predicted molar refractivity (Wildman–Crippen MR) is 181 cm³/mol. The van der Waals surface area contributed by atoms with Gasteiger partial charge in [-0.05, 0) is 74.8 Å². The second kappa shape index (κ2) is 20.3. The molecule has 1 aromatic rings. The van der Waals surface area contributed by atoms with Crippen LogP contribution in [-0.2, 0) is 4.79 Å². The van der Waals surface area contributed by atoms with Crippen LogP contribution in [0.5, 0.6) is 0 Å². The molecule has 3 aliphatic rings. The van der Waals surface area contributed by atoms with E-state index in [0.717, 1.165) is 49.9 Å². The monoisotopic (exact) mass is 581 g/mol. The van der Waals surface area contributed by atoms with Gasteiger partial charge in [0.05, 0.1) is 0 Å². The quantitative estimate of drug-likeness (QED) is 0.300. The summed E-state index contributed by atoms with van der Waals surface area (Å²) in [5.74, 6) is 0.791. The fraction of sp³-hybridized carbons (Fsp3) is 0.622. The summed E-state index contributed by atoms with van der Waals surface area (Å²) in [6, 6.07) is 5.37. The number of carbonyl (C=O) groups is 1. The molecule has 1 aromatic carbocycles. The van der Waals surface area contributed by atoms with E-state index in [0.29, 0.717) is 28.6 Å². The van der Waals surface area contributed by atoms with Crippen LogP contribution in [0.1, 0.15) is 130 Å². The zero-order valence-corrected chi connectivity index (χ0v) is 28.4. The normalized spacial score (nSPS) is 19.4. The molecule has 0 N–H and O–H groups in total. The predicted octanol–water partition coefficient (Wildman–Crippen LogP) is 10.5. The van der Waals surface area contributed by atoms with E-state index in [2.05, 4.69) is 27.4 Å². The Morgan fingerprint density at radius 3 is 2.21 bits per heavy atom. The van der Waals surface area contributed by atoms with Gasteiger partial charge in [0.25, 0.3) is 5.91 Å². The molecule has 1 atom stereocenters. The number of hydrogen-bond acceptors (Lipinski definition) is 3. The van der Waals surface area contributed by atoms with Gasteiger partial charge in [-0.25, -0.2) is 9.38 Å². The van der Waals surface area contributed by atoms with Crippen LogP contribution in [0.2, 0.25) is 0 Å². The number of likely N-dealkylation sites (tertiary alicyclic amines) is 1. The van der Waals surface area contributed by atoms with Crippen molar-refractivity contribution in [2.75, 3.05) is 13.6 Å². The average molecular weight is 582 g/mol. The van der Waals surface area contributed by atoms with Crippen molar-refractivity contribution in [2.45, 2.75) is 132 Å². The van der Waals surface area contributed by atoms with Crippen LogP contribution in [0.25, 0.3) is 5.57 Å². The van der Waals surface area contributed by atoms with Crippen molar-refractivity contribution in [1.82, 2.24) is 9.80 Å². The van der Waals surface area contributed by atoms with E-state index in [1.807, 2.05) is 63.6 Å². The van der Waals surface area contributed by atoms with E-state index >= 15 is 0 Å². The number of nitrogens with zero attached hydrogens (tertiary/aromatic N) is 3. The third-order valence-corrected chi connectivity index (χ3v) is 8.04. The van der Waals surface area contributed by atoms with Crippen molar-refractivity contribution < 1.29 is 9.18 Å². The number of halogens is 1. The zero-order valence-electron chi connectivity index (χ0n) is 28.4. The van der Waals surface area contributed by atoms with Crippen LogP contribution in [0, 0.1) is 18.7 Å². The van der Waals surface area contributed by atoms with Crippen LogP contribution in [0.4, 0.5) is 4.39 Å². The van der Waals surface area contributed by atoms with Gasteiger partial charge in [-0.15, -0.1) is 0 Å². The molecule has 1 amide bonds. The van der Waals surface area contributed by atoms with Crippen LogP contribution in [-0.4, -0.2) is 41.1 Å². The SMILES string of the molecule is C=C(/C=C1/N=C(C(=O)N2CCCCCC2C)C=C(C2CCC2)N1C)c1ccc(C)cc1F.CC.CC.CCCCCC. The largest absolute Gasteiger partial charge is 0.335 e. The Morgan fingerprint density at radius 1 is 1.02 bits per heavy atom. The molecule has 236 valence electrons.